The normalized spacial score (nSPS) is 11.4. The highest BCUT2D eigenvalue weighted by Crippen LogP contribution is 2.31. The second kappa shape index (κ2) is 13.4. The van der Waals surface area contributed by atoms with Gasteiger partial charge in [-0.3, -0.25) is 0 Å². The molecule has 0 saturated carbocycles. The van der Waals surface area contributed by atoms with Gasteiger partial charge >= 0.3 is 11.9 Å². The van der Waals surface area contributed by atoms with Gasteiger partial charge in [0.2, 0.25) is 0 Å². The van der Waals surface area contributed by atoms with Gasteiger partial charge in [0, 0.05) is 0 Å². The average molecular weight is 525 g/mol. The third-order valence-electron chi connectivity index (χ3n) is 7.34. The molecule has 4 aliphatic carbocycles. The molecule has 204 valence electrons. The van der Waals surface area contributed by atoms with Gasteiger partial charge in [0.05, 0.1) is 24.3 Å². The molecule has 0 N–H and O–H groups in total. The van der Waals surface area contributed by atoms with Gasteiger partial charge in [-0.25, -0.2) is 9.59 Å². The summed E-state index contributed by atoms with van der Waals surface area (Å²) in [6.07, 6.45) is 4.59. The molecule has 0 radical (unpaired) electrons. The molecule has 4 nitrogen and oxygen atoms in total. The number of rotatable bonds is 12. The smallest absolute Gasteiger partial charge is 0.338 e. The molecule has 0 aromatic carbocycles. The molecule has 0 amide bonds. The Hall–Kier alpha value is -3.66. The van der Waals surface area contributed by atoms with Gasteiger partial charge in [0.15, 0.2) is 0 Å². The van der Waals surface area contributed by atoms with Crippen LogP contribution in [0.15, 0.2) is 72.8 Å². The standard InChI is InChI=1S/C35H40O4/c1-24(2)28-14-10-12-26-16-18-30(32(26)22-28)34(36)38-20-8-6-5-7-9-21-39-35(37)31-19-17-27-13-11-15-29(25(3)4)23-33(27)31/h10-19,22-25H,5-9,20-21H2,1-4H3. The minimum atomic E-state index is -0.257. The molecule has 0 spiro atoms. The first kappa shape index (κ1) is 28.4. The number of esters is 2. The zero-order valence-electron chi connectivity index (χ0n) is 23.7. The lowest BCUT2D eigenvalue weighted by Crippen LogP contribution is -2.07. The summed E-state index contributed by atoms with van der Waals surface area (Å²) in [7, 11) is 0. The van der Waals surface area contributed by atoms with E-state index in [0.29, 0.717) is 36.2 Å². The molecule has 0 fully saturated rings. The maximum atomic E-state index is 12.7. The Morgan fingerprint density at radius 2 is 0.974 bits per heavy atom. The Kier molecular flexibility index (Phi) is 9.75. The van der Waals surface area contributed by atoms with E-state index in [-0.39, 0.29) is 11.9 Å². The van der Waals surface area contributed by atoms with Crippen molar-refractivity contribution in [1.82, 2.24) is 0 Å². The molecule has 39 heavy (non-hydrogen) atoms. The van der Waals surface area contributed by atoms with Crippen LogP contribution in [0.3, 0.4) is 0 Å². The fourth-order valence-corrected chi connectivity index (χ4v) is 4.88. The van der Waals surface area contributed by atoms with E-state index in [1.165, 1.54) is 11.1 Å². The minimum Gasteiger partial charge on any atom is -0.462 e. The predicted molar refractivity (Wildman–Crippen MR) is 158 cm³/mol. The van der Waals surface area contributed by atoms with Crippen LogP contribution in [-0.2, 0) is 9.47 Å². The zero-order chi connectivity index (χ0) is 27.8. The Morgan fingerprint density at radius 1 is 0.564 bits per heavy atom. The topological polar surface area (TPSA) is 52.6 Å². The third-order valence-corrected chi connectivity index (χ3v) is 7.34. The maximum absolute atomic E-state index is 12.7. The Bertz CT molecular complexity index is 1230. The van der Waals surface area contributed by atoms with Crippen LogP contribution < -0.4 is 0 Å². The molecule has 0 unspecified atom stereocenters. The number of carbonyl (C=O) groups excluding carboxylic acids is 2. The van der Waals surface area contributed by atoms with Gasteiger partial charge < -0.3 is 9.47 Å². The molecule has 0 aromatic heterocycles. The van der Waals surface area contributed by atoms with Crippen LogP contribution in [0.4, 0.5) is 0 Å². The summed E-state index contributed by atoms with van der Waals surface area (Å²) in [5, 5.41) is 0. The molecule has 0 atom stereocenters. The van der Waals surface area contributed by atoms with E-state index in [1.54, 1.807) is 0 Å². The molecule has 4 aliphatic rings. The van der Waals surface area contributed by atoms with Crippen LogP contribution in [0.2, 0.25) is 0 Å². The summed E-state index contributed by atoms with van der Waals surface area (Å²) >= 11 is 0. The van der Waals surface area contributed by atoms with Crippen molar-refractivity contribution in [3.05, 3.63) is 95.1 Å². The number of hydrogen-bond acceptors (Lipinski definition) is 4. The first-order valence-corrected chi connectivity index (χ1v) is 14.2. The van der Waals surface area contributed by atoms with Gasteiger partial charge in [-0.1, -0.05) is 108 Å². The summed E-state index contributed by atoms with van der Waals surface area (Å²) in [5.74, 6) is 0.261. The number of carbonyl (C=O) groups is 2. The molecule has 0 aromatic rings. The van der Waals surface area contributed by atoms with Crippen molar-refractivity contribution < 1.29 is 19.1 Å². The lowest BCUT2D eigenvalue weighted by atomic mass is 10.0. The van der Waals surface area contributed by atoms with E-state index in [9.17, 15) is 9.59 Å². The maximum Gasteiger partial charge on any atom is 0.338 e. The van der Waals surface area contributed by atoms with E-state index < -0.39 is 0 Å². The van der Waals surface area contributed by atoms with Gasteiger partial charge in [0.25, 0.3) is 0 Å². The van der Waals surface area contributed by atoms with Crippen molar-refractivity contribution in [3.63, 3.8) is 0 Å². The minimum absolute atomic E-state index is 0.257. The van der Waals surface area contributed by atoms with E-state index in [0.717, 1.165) is 54.4 Å². The quantitative estimate of drug-likeness (QED) is 0.137. The second-order valence-corrected chi connectivity index (χ2v) is 10.9. The number of unbranched alkanes of at least 4 members (excludes halogenated alkanes) is 4. The lowest BCUT2D eigenvalue weighted by Gasteiger charge is -2.08. The van der Waals surface area contributed by atoms with E-state index in [1.807, 2.05) is 48.5 Å². The number of hydrogen-bond donors (Lipinski definition) is 0. The molecule has 4 heteroatoms. The van der Waals surface area contributed by atoms with Crippen LogP contribution in [-0.4, -0.2) is 25.2 Å². The van der Waals surface area contributed by atoms with Crippen molar-refractivity contribution >= 4 is 11.9 Å². The van der Waals surface area contributed by atoms with Crippen LogP contribution >= 0.6 is 0 Å². The average Bonchev–Trinajstić information content (AvgIpc) is 3.34. The first-order valence-electron chi connectivity index (χ1n) is 14.2. The first-order chi connectivity index (χ1) is 18.8. The summed E-state index contributed by atoms with van der Waals surface area (Å²) in [5.41, 5.74) is 7.68. The molecule has 0 saturated heterocycles. The monoisotopic (exact) mass is 524 g/mol. The summed E-state index contributed by atoms with van der Waals surface area (Å²) in [6, 6.07) is 24.3. The van der Waals surface area contributed by atoms with E-state index in [2.05, 4.69) is 52.0 Å². The highest BCUT2D eigenvalue weighted by molar-refractivity contribution is 5.99. The van der Waals surface area contributed by atoms with Crippen molar-refractivity contribution in [2.75, 3.05) is 13.2 Å². The van der Waals surface area contributed by atoms with Gasteiger partial charge in [-0.2, -0.15) is 0 Å². The van der Waals surface area contributed by atoms with Crippen LogP contribution in [0.5, 0.6) is 0 Å². The molecule has 0 aliphatic heterocycles. The highest BCUT2D eigenvalue weighted by atomic mass is 16.5. The van der Waals surface area contributed by atoms with Crippen LogP contribution in [0, 0.1) is 0 Å². The summed E-state index contributed by atoms with van der Waals surface area (Å²) < 4.78 is 11.2. The predicted octanol–water partition coefficient (Wildman–Crippen LogP) is 9.11. The Balaban J connectivity index is 1.15. The van der Waals surface area contributed by atoms with Crippen molar-refractivity contribution in [2.45, 2.75) is 71.6 Å². The molecule has 0 bridgehead atoms. The molecular formula is C35H40O4. The van der Waals surface area contributed by atoms with Gasteiger partial charge in [-0.15, -0.1) is 0 Å². The van der Waals surface area contributed by atoms with E-state index in [4.69, 9.17) is 9.47 Å². The zero-order valence-corrected chi connectivity index (χ0v) is 23.7. The third kappa shape index (κ3) is 7.26. The van der Waals surface area contributed by atoms with Gasteiger partial charge in [-0.05, 0) is 70.2 Å². The second-order valence-electron chi connectivity index (χ2n) is 10.9. The fourth-order valence-electron chi connectivity index (χ4n) is 4.88. The van der Waals surface area contributed by atoms with Crippen molar-refractivity contribution in [2.24, 2.45) is 0 Å². The molecule has 0 heterocycles. The van der Waals surface area contributed by atoms with Crippen LogP contribution in [0.25, 0.3) is 22.3 Å². The summed E-state index contributed by atoms with van der Waals surface area (Å²) in [6.45, 7) is 9.43. The Morgan fingerprint density at radius 3 is 1.38 bits per heavy atom. The molecule has 4 rings (SSSR count). The Labute approximate surface area is 233 Å². The SMILES string of the molecule is CC(C)c1cccc2ccc(C(=O)OCCCCCCCOC(=O)c3ccc4cccc(C(C)C)cc3-4)c-2c1. The van der Waals surface area contributed by atoms with Crippen molar-refractivity contribution in [1.29, 1.82) is 0 Å². The van der Waals surface area contributed by atoms with Crippen molar-refractivity contribution in [3.8, 4) is 22.3 Å². The number of ether oxygens (including phenoxy) is 2. The van der Waals surface area contributed by atoms with Gasteiger partial charge in [0.1, 0.15) is 0 Å². The van der Waals surface area contributed by atoms with E-state index >= 15 is 0 Å². The lowest BCUT2D eigenvalue weighted by molar-refractivity contribution is 0.0497. The van der Waals surface area contributed by atoms with Crippen LogP contribution in [0.1, 0.15) is 103 Å². The molecular weight excluding hydrogens is 484 g/mol. The largest absolute Gasteiger partial charge is 0.462 e. The number of fused-ring (bicyclic) bond motifs is 2. The fraction of sp³-hybridized carbons (Fsp3) is 0.371. The summed E-state index contributed by atoms with van der Waals surface area (Å²) in [4.78, 5) is 25.4. The highest BCUT2D eigenvalue weighted by Gasteiger charge is 2.18.